The maximum atomic E-state index is 12.6. The smallest absolute Gasteiger partial charge is 0.277 e. The van der Waals surface area contributed by atoms with Gasteiger partial charge in [0, 0.05) is 11.9 Å². The molecule has 6 nitrogen and oxygen atoms in total. The lowest BCUT2D eigenvalue weighted by Crippen LogP contribution is -2.23. The van der Waals surface area contributed by atoms with Crippen molar-refractivity contribution in [2.75, 3.05) is 5.32 Å². The Kier molecular flexibility index (Phi) is 5.78. The van der Waals surface area contributed by atoms with Crippen LogP contribution in [0.2, 0.25) is 0 Å². The average Bonchev–Trinajstić information content (AvgIpc) is 3.33. The molecule has 0 bridgehead atoms. The highest BCUT2D eigenvalue weighted by atomic mass is 32.2. The van der Waals surface area contributed by atoms with Gasteiger partial charge in [-0.25, -0.2) is 0 Å². The number of benzene rings is 1. The van der Waals surface area contributed by atoms with E-state index in [-0.39, 0.29) is 11.2 Å². The number of hydrogen-bond acceptors (Lipinski definition) is 5. The van der Waals surface area contributed by atoms with Crippen LogP contribution in [-0.2, 0) is 4.79 Å². The second-order valence-corrected chi connectivity index (χ2v) is 7.39. The second-order valence-electron chi connectivity index (χ2n) is 6.10. The number of anilines is 1. The first-order valence-electron chi connectivity index (χ1n) is 8.62. The Hall–Kier alpha value is -2.54. The summed E-state index contributed by atoms with van der Waals surface area (Å²) >= 11 is 1.24. The van der Waals surface area contributed by atoms with E-state index in [1.165, 1.54) is 11.8 Å². The van der Waals surface area contributed by atoms with Crippen LogP contribution in [0, 0.1) is 0 Å². The zero-order valence-corrected chi connectivity index (χ0v) is 15.8. The van der Waals surface area contributed by atoms with Gasteiger partial charge in [0.05, 0.1) is 5.25 Å². The summed E-state index contributed by atoms with van der Waals surface area (Å²) in [6, 6.07) is 11.6. The highest BCUT2D eigenvalue weighted by Gasteiger charge is 2.20. The van der Waals surface area contributed by atoms with Crippen molar-refractivity contribution in [3.63, 3.8) is 0 Å². The number of nitrogens with one attached hydrogen (secondary N) is 2. The summed E-state index contributed by atoms with van der Waals surface area (Å²) in [4.78, 5) is 15.6. The molecule has 0 saturated carbocycles. The molecule has 3 aromatic rings. The zero-order chi connectivity index (χ0) is 18.5. The Bertz CT molecular complexity index is 860. The Morgan fingerprint density at radius 1 is 1.23 bits per heavy atom. The van der Waals surface area contributed by atoms with Gasteiger partial charge in [0.25, 0.3) is 11.1 Å². The van der Waals surface area contributed by atoms with Crippen molar-refractivity contribution in [2.45, 2.75) is 43.6 Å². The molecule has 0 spiro atoms. The molecule has 0 radical (unpaired) electrons. The third kappa shape index (κ3) is 4.16. The predicted octanol–water partition coefficient (Wildman–Crippen LogP) is 4.70. The zero-order valence-electron chi connectivity index (χ0n) is 15.0. The third-order valence-electron chi connectivity index (χ3n) is 4.24. The Labute approximate surface area is 156 Å². The molecule has 2 atom stereocenters. The van der Waals surface area contributed by atoms with Crippen LogP contribution in [0.5, 0.6) is 0 Å². The van der Waals surface area contributed by atoms with Crippen molar-refractivity contribution in [1.82, 2.24) is 15.2 Å². The highest BCUT2D eigenvalue weighted by molar-refractivity contribution is 8.00. The fourth-order valence-electron chi connectivity index (χ4n) is 2.53. The summed E-state index contributed by atoms with van der Waals surface area (Å²) in [7, 11) is 0. The fraction of sp³-hybridized carbons (Fsp3) is 0.316. The second kappa shape index (κ2) is 8.23. The average molecular weight is 370 g/mol. The minimum atomic E-state index is -0.364. The van der Waals surface area contributed by atoms with Crippen LogP contribution in [0.1, 0.15) is 38.7 Å². The minimum Gasteiger partial charge on any atom is -0.410 e. The molecule has 0 saturated heterocycles. The molecular formula is C19H22N4O2S. The van der Waals surface area contributed by atoms with Gasteiger partial charge < -0.3 is 14.7 Å². The first-order chi connectivity index (χ1) is 12.6. The molecule has 0 aliphatic rings. The minimum absolute atomic E-state index is 0.0922. The van der Waals surface area contributed by atoms with Crippen molar-refractivity contribution in [3.05, 3.63) is 48.2 Å². The molecule has 0 aliphatic heterocycles. The van der Waals surface area contributed by atoms with E-state index in [1.54, 1.807) is 6.20 Å². The number of aromatic nitrogens is 3. The summed E-state index contributed by atoms with van der Waals surface area (Å²) < 4.78 is 5.61. The number of hydrogen-bond donors (Lipinski definition) is 2. The van der Waals surface area contributed by atoms with E-state index in [9.17, 15) is 4.79 Å². The molecule has 0 fully saturated rings. The number of aromatic amines is 1. The molecular weight excluding hydrogens is 348 g/mol. The van der Waals surface area contributed by atoms with Gasteiger partial charge in [-0.15, -0.1) is 10.2 Å². The molecule has 1 amide bonds. The van der Waals surface area contributed by atoms with Crippen LogP contribution in [0.3, 0.4) is 0 Å². The monoisotopic (exact) mass is 370 g/mol. The van der Waals surface area contributed by atoms with Crippen LogP contribution >= 0.6 is 11.8 Å². The normalized spacial score (nSPS) is 13.3. The number of rotatable bonds is 7. The SMILES string of the molecule is CC[C@H](C)c1ccccc1NC(=O)[C@@H](C)Sc1nnc(-c2ccc[nH]2)o1. The molecule has 0 unspecified atom stereocenters. The maximum absolute atomic E-state index is 12.6. The summed E-state index contributed by atoms with van der Waals surface area (Å²) in [6.45, 7) is 6.12. The summed E-state index contributed by atoms with van der Waals surface area (Å²) in [5.74, 6) is 0.700. The van der Waals surface area contributed by atoms with Crippen molar-refractivity contribution in [3.8, 4) is 11.6 Å². The van der Waals surface area contributed by atoms with E-state index in [4.69, 9.17) is 4.42 Å². The van der Waals surface area contributed by atoms with Gasteiger partial charge in [-0.2, -0.15) is 0 Å². The quantitative estimate of drug-likeness (QED) is 0.589. The van der Waals surface area contributed by atoms with Crippen molar-refractivity contribution in [1.29, 1.82) is 0 Å². The van der Waals surface area contributed by atoms with Crippen LogP contribution in [-0.4, -0.2) is 26.3 Å². The van der Waals surface area contributed by atoms with E-state index in [2.05, 4.69) is 40.4 Å². The van der Waals surface area contributed by atoms with Gasteiger partial charge in [-0.05, 0) is 43.0 Å². The van der Waals surface area contributed by atoms with Gasteiger partial charge in [0.1, 0.15) is 5.69 Å². The summed E-state index contributed by atoms with van der Waals surface area (Å²) in [5, 5.41) is 11.0. The molecule has 26 heavy (non-hydrogen) atoms. The van der Waals surface area contributed by atoms with Crippen LogP contribution < -0.4 is 5.32 Å². The lowest BCUT2D eigenvalue weighted by molar-refractivity contribution is -0.115. The highest BCUT2D eigenvalue weighted by Crippen LogP contribution is 2.29. The predicted molar refractivity (Wildman–Crippen MR) is 103 cm³/mol. The molecule has 2 heterocycles. The fourth-order valence-corrected chi connectivity index (χ4v) is 3.21. The van der Waals surface area contributed by atoms with Gasteiger partial charge in [0.2, 0.25) is 5.91 Å². The Morgan fingerprint density at radius 2 is 2.04 bits per heavy atom. The van der Waals surface area contributed by atoms with E-state index < -0.39 is 0 Å². The number of carbonyl (C=O) groups excluding carboxylic acids is 1. The number of carbonyl (C=O) groups is 1. The first-order valence-corrected chi connectivity index (χ1v) is 9.50. The van der Waals surface area contributed by atoms with Crippen molar-refractivity contribution < 1.29 is 9.21 Å². The molecule has 0 aliphatic carbocycles. The van der Waals surface area contributed by atoms with Crippen molar-refractivity contribution >= 4 is 23.4 Å². The largest absolute Gasteiger partial charge is 0.410 e. The van der Waals surface area contributed by atoms with Gasteiger partial charge in [0.15, 0.2) is 0 Å². The molecule has 2 aromatic heterocycles. The van der Waals surface area contributed by atoms with E-state index in [0.717, 1.165) is 23.4 Å². The number of para-hydroxylation sites is 1. The van der Waals surface area contributed by atoms with Gasteiger partial charge >= 0.3 is 0 Å². The summed E-state index contributed by atoms with van der Waals surface area (Å²) in [6.07, 6.45) is 2.80. The van der Waals surface area contributed by atoms with Crippen LogP contribution in [0.25, 0.3) is 11.6 Å². The van der Waals surface area contributed by atoms with Crippen LogP contribution in [0.4, 0.5) is 5.69 Å². The molecule has 7 heteroatoms. The first kappa shape index (κ1) is 18.3. The number of amides is 1. The molecule has 3 rings (SSSR count). The van der Waals surface area contributed by atoms with Gasteiger partial charge in [-0.3, -0.25) is 4.79 Å². The lowest BCUT2D eigenvalue weighted by Gasteiger charge is -2.17. The third-order valence-corrected chi connectivity index (χ3v) is 5.18. The Balaban J connectivity index is 1.66. The standard InChI is InChI=1S/C19H22N4O2S/c1-4-12(2)14-8-5-6-9-15(14)21-17(24)13(3)26-19-23-22-18(25-19)16-10-7-11-20-16/h5-13,20H,4H2,1-3H3,(H,21,24)/t12-,13+/m0/s1. The van der Waals surface area contributed by atoms with E-state index in [1.807, 2.05) is 37.3 Å². The molecule has 136 valence electrons. The van der Waals surface area contributed by atoms with Gasteiger partial charge in [-0.1, -0.05) is 43.8 Å². The summed E-state index contributed by atoms with van der Waals surface area (Å²) in [5.41, 5.74) is 2.76. The van der Waals surface area contributed by atoms with E-state index >= 15 is 0 Å². The Morgan fingerprint density at radius 3 is 2.77 bits per heavy atom. The van der Waals surface area contributed by atoms with Crippen molar-refractivity contribution in [2.24, 2.45) is 0 Å². The van der Waals surface area contributed by atoms with Crippen LogP contribution in [0.15, 0.2) is 52.2 Å². The lowest BCUT2D eigenvalue weighted by atomic mass is 9.97. The number of thioether (sulfide) groups is 1. The topological polar surface area (TPSA) is 83.8 Å². The number of H-pyrrole nitrogens is 1. The maximum Gasteiger partial charge on any atom is 0.277 e. The van der Waals surface area contributed by atoms with E-state index in [0.29, 0.717) is 17.0 Å². The number of nitrogens with zero attached hydrogens (tertiary/aromatic N) is 2. The molecule has 2 N–H and O–H groups in total. The molecule has 1 aromatic carbocycles.